The van der Waals surface area contributed by atoms with Crippen molar-refractivity contribution in [3.63, 3.8) is 0 Å². The molecule has 0 aliphatic heterocycles. The predicted octanol–water partition coefficient (Wildman–Crippen LogP) is 0.847. The Labute approximate surface area is 77.4 Å². The number of nitrogens with two attached hydrogens (primary N) is 1. The molecule has 0 aliphatic rings. The Kier molecular flexibility index (Phi) is 3.92. The van der Waals surface area contributed by atoms with Gasteiger partial charge in [-0.25, -0.2) is 0 Å². The van der Waals surface area contributed by atoms with Gasteiger partial charge < -0.3 is 10.5 Å². The van der Waals surface area contributed by atoms with Gasteiger partial charge in [0.15, 0.2) is 0 Å². The van der Waals surface area contributed by atoms with Crippen LogP contribution in [0.5, 0.6) is 5.88 Å². The van der Waals surface area contributed by atoms with Gasteiger partial charge in [-0.3, -0.25) is 0 Å². The third-order valence-electron chi connectivity index (χ3n) is 1.49. The molecule has 4 heteroatoms. The second-order valence-electron chi connectivity index (χ2n) is 2.48. The number of rotatable bonds is 4. The molecule has 0 atom stereocenters. The normalized spacial score (nSPS) is 10.6. The lowest BCUT2D eigenvalue weighted by atomic mass is 10.3. The molecule has 0 fully saturated rings. The average Bonchev–Trinajstić information content (AvgIpc) is 2.19. The first-order valence-electron chi connectivity index (χ1n) is 4.11. The molecule has 1 aromatic heterocycles. The van der Waals surface area contributed by atoms with Crippen molar-refractivity contribution in [3.8, 4) is 5.88 Å². The molecule has 70 valence electrons. The van der Waals surface area contributed by atoms with Gasteiger partial charge in [-0.05, 0) is 25.1 Å². The van der Waals surface area contributed by atoms with Crippen LogP contribution >= 0.6 is 0 Å². The number of nitrogens with zero attached hydrogens (tertiary/aromatic N) is 2. The molecule has 1 heterocycles. The Hall–Kier alpha value is -1.42. The Bertz CT molecular complexity index is 269. The van der Waals surface area contributed by atoms with E-state index in [4.69, 9.17) is 10.5 Å². The van der Waals surface area contributed by atoms with Crippen LogP contribution in [-0.2, 0) is 0 Å². The monoisotopic (exact) mass is 179 g/mol. The fraction of sp³-hybridized carbons (Fsp3) is 0.333. The molecule has 0 unspecified atom stereocenters. The Morgan fingerprint density at radius 1 is 1.46 bits per heavy atom. The van der Waals surface area contributed by atoms with Gasteiger partial charge in [0.2, 0.25) is 5.88 Å². The van der Waals surface area contributed by atoms with E-state index in [9.17, 15) is 0 Å². The minimum atomic E-state index is 0.524. The van der Waals surface area contributed by atoms with E-state index in [1.807, 2.05) is 18.2 Å². The summed E-state index contributed by atoms with van der Waals surface area (Å²) in [5, 5.41) is 7.74. The summed E-state index contributed by atoms with van der Waals surface area (Å²) in [5.74, 6) is 0.524. The fourth-order valence-electron chi connectivity index (χ4n) is 0.828. The smallest absolute Gasteiger partial charge is 0.233 e. The molecule has 1 aromatic rings. The zero-order valence-electron chi connectivity index (χ0n) is 7.60. The molecule has 0 aliphatic carbocycles. The van der Waals surface area contributed by atoms with Crippen LogP contribution in [-0.4, -0.2) is 23.9 Å². The van der Waals surface area contributed by atoms with Crippen molar-refractivity contribution in [2.75, 3.05) is 13.7 Å². The van der Waals surface area contributed by atoms with E-state index >= 15 is 0 Å². The number of hydrogen-bond donors (Lipinski definition) is 1. The second-order valence-corrected chi connectivity index (χ2v) is 2.48. The first-order chi connectivity index (χ1) is 6.36. The second kappa shape index (κ2) is 5.27. The summed E-state index contributed by atoms with van der Waals surface area (Å²) in [6.45, 7) is 0.653. The first kappa shape index (κ1) is 9.67. The van der Waals surface area contributed by atoms with Crippen LogP contribution in [0.2, 0.25) is 0 Å². The van der Waals surface area contributed by atoms with E-state index in [1.165, 1.54) is 0 Å². The van der Waals surface area contributed by atoms with Gasteiger partial charge in [-0.2, -0.15) is 0 Å². The quantitative estimate of drug-likeness (QED) is 0.744. The summed E-state index contributed by atoms with van der Waals surface area (Å²) >= 11 is 0. The molecular weight excluding hydrogens is 166 g/mol. The van der Waals surface area contributed by atoms with Gasteiger partial charge in [0.25, 0.3) is 0 Å². The van der Waals surface area contributed by atoms with Crippen LogP contribution in [0.3, 0.4) is 0 Å². The molecule has 2 N–H and O–H groups in total. The molecule has 0 aromatic carbocycles. The van der Waals surface area contributed by atoms with E-state index < -0.39 is 0 Å². The number of ether oxygens (including phenoxy) is 1. The molecule has 0 bridgehead atoms. The maximum Gasteiger partial charge on any atom is 0.233 e. The van der Waals surface area contributed by atoms with Gasteiger partial charge in [-0.15, -0.1) is 10.2 Å². The zero-order chi connectivity index (χ0) is 9.52. The third-order valence-corrected chi connectivity index (χ3v) is 1.49. The van der Waals surface area contributed by atoms with Gasteiger partial charge >= 0.3 is 0 Å². The highest BCUT2D eigenvalue weighted by atomic mass is 16.5. The highest BCUT2D eigenvalue weighted by molar-refractivity contribution is 5.43. The van der Waals surface area contributed by atoms with E-state index in [0.29, 0.717) is 12.4 Å². The van der Waals surface area contributed by atoms with Crippen molar-refractivity contribution in [3.05, 3.63) is 23.9 Å². The summed E-state index contributed by atoms with van der Waals surface area (Å²) < 4.78 is 4.88. The highest BCUT2D eigenvalue weighted by Gasteiger charge is 1.92. The first-order valence-corrected chi connectivity index (χ1v) is 4.11. The number of hydrogen-bond acceptors (Lipinski definition) is 4. The standard InChI is InChI=1S/C9H13N3O/c1-13-9-6-5-8(11-12-9)4-2-3-7-10/h2,4-6H,3,7,10H2,1H3. The number of aromatic nitrogens is 2. The molecule has 0 spiro atoms. The number of methoxy groups -OCH3 is 1. The molecular formula is C9H13N3O. The summed E-state index contributed by atoms with van der Waals surface area (Å²) in [6.07, 6.45) is 4.71. The zero-order valence-corrected chi connectivity index (χ0v) is 7.60. The van der Waals surface area contributed by atoms with Crippen molar-refractivity contribution < 1.29 is 4.74 Å². The lowest BCUT2D eigenvalue weighted by molar-refractivity contribution is 0.392. The van der Waals surface area contributed by atoms with Gasteiger partial charge in [0.05, 0.1) is 12.8 Å². The van der Waals surface area contributed by atoms with Gasteiger partial charge in [-0.1, -0.05) is 6.08 Å². The van der Waals surface area contributed by atoms with Crippen LogP contribution in [0.4, 0.5) is 0 Å². The third kappa shape index (κ3) is 3.21. The maximum absolute atomic E-state index is 5.33. The lowest BCUT2D eigenvalue weighted by Gasteiger charge is -1.96. The minimum absolute atomic E-state index is 0.524. The van der Waals surface area contributed by atoms with E-state index in [2.05, 4.69) is 10.2 Å². The van der Waals surface area contributed by atoms with Crippen LogP contribution < -0.4 is 10.5 Å². The molecule has 4 nitrogen and oxygen atoms in total. The highest BCUT2D eigenvalue weighted by Crippen LogP contribution is 2.04. The Morgan fingerprint density at radius 2 is 2.31 bits per heavy atom. The Balaban J connectivity index is 2.58. The van der Waals surface area contributed by atoms with Crippen molar-refractivity contribution in [1.82, 2.24) is 10.2 Å². The summed E-state index contributed by atoms with van der Waals surface area (Å²) in [7, 11) is 1.56. The summed E-state index contributed by atoms with van der Waals surface area (Å²) in [4.78, 5) is 0. The van der Waals surface area contributed by atoms with Crippen molar-refractivity contribution in [1.29, 1.82) is 0 Å². The van der Waals surface area contributed by atoms with E-state index in [1.54, 1.807) is 13.2 Å². The predicted molar refractivity (Wildman–Crippen MR) is 51.3 cm³/mol. The Morgan fingerprint density at radius 3 is 2.85 bits per heavy atom. The molecule has 0 saturated carbocycles. The summed E-state index contributed by atoms with van der Waals surface area (Å²) in [5.41, 5.74) is 6.15. The topological polar surface area (TPSA) is 61.0 Å². The SMILES string of the molecule is COc1ccc(C=CCCN)nn1. The summed E-state index contributed by atoms with van der Waals surface area (Å²) in [6, 6.07) is 3.62. The van der Waals surface area contributed by atoms with Crippen molar-refractivity contribution in [2.45, 2.75) is 6.42 Å². The molecule has 0 amide bonds. The van der Waals surface area contributed by atoms with Crippen LogP contribution in [0.1, 0.15) is 12.1 Å². The van der Waals surface area contributed by atoms with Gasteiger partial charge in [0, 0.05) is 6.07 Å². The fourth-order valence-corrected chi connectivity index (χ4v) is 0.828. The molecule has 0 radical (unpaired) electrons. The van der Waals surface area contributed by atoms with Crippen LogP contribution in [0, 0.1) is 0 Å². The van der Waals surface area contributed by atoms with E-state index in [-0.39, 0.29) is 0 Å². The molecule has 0 saturated heterocycles. The molecule has 13 heavy (non-hydrogen) atoms. The minimum Gasteiger partial charge on any atom is -0.480 e. The van der Waals surface area contributed by atoms with Crippen LogP contribution in [0.25, 0.3) is 6.08 Å². The molecule has 1 rings (SSSR count). The van der Waals surface area contributed by atoms with Gasteiger partial charge in [0.1, 0.15) is 0 Å². The van der Waals surface area contributed by atoms with Crippen molar-refractivity contribution in [2.24, 2.45) is 5.73 Å². The largest absolute Gasteiger partial charge is 0.480 e. The van der Waals surface area contributed by atoms with Crippen molar-refractivity contribution >= 4 is 6.08 Å². The van der Waals surface area contributed by atoms with E-state index in [0.717, 1.165) is 12.1 Å². The lowest BCUT2D eigenvalue weighted by Crippen LogP contribution is -1.95. The average molecular weight is 179 g/mol. The maximum atomic E-state index is 5.33. The van der Waals surface area contributed by atoms with Crippen LogP contribution in [0.15, 0.2) is 18.2 Å².